The van der Waals surface area contributed by atoms with Crippen molar-refractivity contribution in [3.05, 3.63) is 0 Å². The molecule has 1 amide bonds. The third-order valence-electron chi connectivity index (χ3n) is 6.43. The molecule has 140 valence electrons. The highest BCUT2D eigenvalue weighted by Gasteiger charge is 2.37. The van der Waals surface area contributed by atoms with Gasteiger partial charge in [0.15, 0.2) is 0 Å². The number of rotatable bonds is 8. The van der Waals surface area contributed by atoms with Crippen molar-refractivity contribution in [2.24, 2.45) is 11.3 Å². The maximum Gasteiger partial charge on any atom is 0.220 e. The van der Waals surface area contributed by atoms with Crippen LogP contribution in [0.15, 0.2) is 0 Å². The van der Waals surface area contributed by atoms with Gasteiger partial charge >= 0.3 is 0 Å². The second kappa shape index (κ2) is 8.66. The van der Waals surface area contributed by atoms with Gasteiger partial charge in [-0.15, -0.1) is 0 Å². The van der Waals surface area contributed by atoms with Gasteiger partial charge in [0.25, 0.3) is 0 Å². The number of piperidine rings is 2. The molecule has 2 rings (SSSR count). The van der Waals surface area contributed by atoms with E-state index in [1.165, 1.54) is 51.7 Å². The molecule has 24 heavy (non-hydrogen) atoms. The molecule has 4 nitrogen and oxygen atoms in total. The molecule has 1 spiro atoms. The Labute approximate surface area is 148 Å². The second-order valence-corrected chi connectivity index (χ2v) is 8.87. The van der Waals surface area contributed by atoms with Crippen molar-refractivity contribution >= 4 is 5.91 Å². The van der Waals surface area contributed by atoms with Gasteiger partial charge in [0, 0.05) is 20.1 Å². The highest BCUT2D eigenvalue weighted by atomic mass is 16.5. The Balaban J connectivity index is 1.59. The lowest BCUT2D eigenvalue weighted by molar-refractivity contribution is -0.125. The molecule has 2 saturated heterocycles. The maximum absolute atomic E-state index is 11.4. The van der Waals surface area contributed by atoms with E-state index in [1.54, 1.807) is 0 Å². The zero-order valence-corrected chi connectivity index (χ0v) is 16.3. The zero-order valence-electron chi connectivity index (χ0n) is 16.3. The lowest BCUT2D eigenvalue weighted by Crippen LogP contribution is -2.49. The summed E-state index contributed by atoms with van der Waals surface area (Å²) in [6.45, 7) is 11.3. The van der Waals surface area contributed by atoms with Crippen molar-refractivity contribution in [3.63, 3.8) is 0 Å². The Bertz CT molecular complexity index is 388. The Morgan fingerprint density at radius 2 is 1.96 bits per heavy atom. The molecule has 0 aromatic carbocycles. The number of amides is 1. The first-order chi connectivity index (χ1) is 11.3. The number of hydrogen-bond donors (Lipinski definition) is 1. The Morgan fingerprint density at radius 1 is 1.25 bits per heavy atom. The van der Waals surface area contributed by atoms with Crippen molar-refractivity contribution in [1.29, 1.82) is 0 Å². The number of hydrogen-bond acceptors (Lipinski definition) is 3. The molecule has 0 aromatic rings. The summed E-state index contributed by atoms with van der Waals surface area (Å²) in [5.74, 6) is 1.04. The first kappa shape index (κ1) is 19.7. The van der Waals surface area contributed by atoms with Gasteiger partial charge in [-0.2, -0.15) is 0 Å². The van der Waals surface area contributed by atoms with E-state index in [9.17, 15) is 4.79 Å². The quantitative estimate of drug-likeness (QED) is 0.735. The van der Waals surface area contributed by atoms with Gasteiger partial charge < -0.3 is 15.0 Å². The fraction of sp³-hybridized carbons (Fsp3) is 0.950. The van der Waals surface area contributed by atoms with Crippen LogP contribution in [0.4, 0.5) is 0 Å². The predicted octanol–water partition coefficient (Wildman–Crippen LogP) is 3.60. The summed E-state index contributed by atoms with van der Waals surface area (Å²) in [5, 5.41) is 3.08. The maximum atomic E-state index is 11.4. The van der Waals surface area contributed by atoms with Crippen LogP contribution in [0, 0.1) is 11.3 Å². The molecule has 0 bridgehead atoms. The van der Waals surface area contributed by atoms with Crippen molar-refractivity contribution in [1.82, 2.24) is 10.2 Å². The molecule has 0 aromatic heterocycles. The number of methoxy groups -OCH3 is 1. The minimum Gasteiger partial charge on any atom is -0.379 e. The molecule has 0 unspecified atom stereocenters. The lowest BCUT2D eigenvalue weighted by Gasteiger charge is -2.44. The van der Waals surface area contributed by atoms with Crippen LogP contribution in [0.3, 0.4) is 0 Å². The van der Waals surface area contributed by atoms with Gasteiger partial charge in [-0.25, -0.2) is 0 Å². The van der Waals surface area contributed by atoms with Crippen LogP contribution in [0.2, 0.25) is 0 Å². The first-order valence-electron chi connectivity index (χ1n) is 9.88. The molecule has 2 heterocycles. The van der Waals surface area contributed by atoms with Crippen LogP contribution < -0.4 is 5.32 Å². The van der Waals surface area contributed by atoms with Crippen LogP contribution in [0.5, 0.6) is 0 Å². The predicted molar refractivity (Wildman–Crippen MR) is 99.1 cm³/mol. The van der Waals surface area contributed by atoms with E-state index in [2.05, 4.69) is 31.0 Å². The minimum atomic E-state index is 0.0241. The molecule has 2 aliphatic rings. The molecular formula is C20H38N2O2. The van der Waals surface area contributed by atoms with Crippen molar-refractivity contribution < 1.29 is 9.53 Å². The smallest absolute Gasteiger partial charge is 0.220 e. The fourth-order valence-corrected chi connectivity index (χ4v) is 4.04. The van der Waals surface area contributed by atoms with E-state index in [0.717, 1.165) is 31.7 Å². The first-order valence-corrected chi connectivity index (χ1v) is 9.88. The molecule has 0 aliphatic carbocycles. The van der Waals surface area contributed by atoms with Crippen molar-refractivity contribution in [2.75, 3.05) is 33.3 Å². The molecule has 1 N–H and O–H groups in total. The standard InChI is InChI=1S/C20H38N2O2/c1-17(6-5-9-19(2,3)24-4)8-13-22-14-11-20(12-15-22)10-7-18(23)21-16-20/h17H,5-16H2,1-4H3,(H,21,23)/t17-/m0/s1. The van der Waals surface area contributed by atoms with Crippen LogP contribution in [-0.4, -0.2) is 49.7 Å². The van der Waals surface area contributed by atoms with Gasteiger partial charge in [-0.1, -0.05) is 19.8 Å². The third-order valence-corrected chi connectivity index (χ3v) is 6.43. The normalized spacial score (nSPS) is 23.2. The number of nitrogens with one attached hydrogen (secondary N) is 1. The summed E-state index contributed by atoms with van der Waals surface area (Å²) in [6.07, 6.45) is 9.34. The Hall–Kier alpha value is -0.610. The number of carbonyl (C=O) groups excluding carboxylic acids is 1. The lowest BCUT2D eigenvalue weighted by atomic mass is 9.73. The molecule has 0 radical (unpaired) electrons. The van der Waals surface area contributed by atoms with Gasteiger partial charge in [0.2, 0.25) is 5.91 Å². The van der Waals surface area contributed by atoms with E-state index in [1.807, 2.05) is 7.11 Å². The van der Waals surface area contributed by atoms with Crippen LogP contribution >= 0.6 is 0 Å². The fourth-order valence-electron chi connectivity index (χ4n) is 4.04. The highest BCUT2D eigenvalue weighted by Crippen LogP contribution is 2.37. The van der Waals surface area contributed by atoms with E-state index in [-0.39, 0.29) is 11.5 Å². The topological polar surface area (TPSA) is 41.6 Å². The highest BCUT2D eigenvalue weighted by molar-refractivity contribution is 5.76. The number of nitrogens with zero attached hydrogens (tertiary/aromatic N) is 1. The average molecular weight is 339 g/mol. The Kier molecular flexibility index (Phi) is 7.11. The summed E-state index contributed by atoms with van der Waals surface area (Å²) >= 11 is 0. The molecule has 0 saturated carbocycles. The number of likely N-dealkylation sites (tertiary alicyclic amines) is 1. The van der Waals surface area contributed by atoms with Crippen molar-refractivity contribution in [2.45, 2.75) is 77.7 Å². The van der Waals surface area contributed by atoms with E-state index < -0.39 is 0 Å². The van der Waals surface area contributed by atoms with Crippen LogP contribution in [-0.2, 0) is 9.53 Å². The summed E-state index contributed by atoms with van der Waals surface area (Å²) in [5.41, 5.74) is 0.429. The van der Waals surface area contributed by atoms with Gasteiger partial charge in [-0.05, 0) is 76.9 Å². The SMILES string of the molecule is COC(C)(C)CCC[C@H](C)CCN1CCC2(CCC(=O)NC2)CC1. The van der Waals surface area contributed by atoms with Gasteiger partial charge in [0.05, 0.1) is 5.60 Å². The van der Waals surface area contributed by atoms with Gasteiger partial charge in [-0.3, -0.25) is 4.79 Å². The number of ether oxygens (including phenoxy) is 1. The second-order valence-electron chi connectivity index (χ2n) is 8.87. The van der Waals surface area contributed by atoms with Crippen LogP contribution in [0.25, 0.3) is 0 Å². The summed E-state index contributed by atoms with van der Waals surface area (Å²) in [6, 6.07) is 0. The Morgan fingerprint density at radius 3 is 2.54 bits per heavy atom. The molecule has 4 heteroatoms. The number of carbonyl (C=O) groups is 1. The molecule has 2 fully saturated rings. The third kappa shape index (κ3) is 6.03. The van der Waals surface area contributed by atoms with Gasteiger partial charge in [0.1, 0.15) is 0 Å². The largest absolute Gasteiger partial charge is 0.379 e. The molecular weight excluding hydrogens is 300 g/mol. The average Bonchev–Trinajstić information content (AvgIpc) is 2.57. The molecule has 1 atom stereocenters. The van der Waals surface area contributed by atoms with Crippen LogP contribution in [0.1, 0.15) is 72.1 Å². The monoisotopic (exact) mass is 338 g/mol. The van der Waals surface area contributed by atoms with E-state index in [0.29, 0.717) is 5.41 Å². The zero-order chi connectivity index (χ0) is 17.6. The minimum absolute atomic E-state index is 0.0241. The van der Waals surface area contributed by atoms with E-state index in [4.69, 9.17) is 4.74 Å². The van der Waals surface area contributed by atoms with Crippen molar-refractivity contribution in [3.8, 4) is 0 Å². The summed E-state index contributed by atoms with van der Waals surface area (Å²) in [7, 11) is 1.81. The summed E-state index contributed by atoms with van der Waals surface area (Å²) < 4.78 is 5.50. The molecule has 2 aliphatic heterocycles. The summed E-state index contributed by atoms with van der Waals surface area (Å²) in [4.78, 5) is 14.0. The van der Waals surface area contributed by atoms with E-state index >= 15 is 0 Å².